The molecule has 0 atom stereocenters. The summed E-state index contributed by atoms with van der Waals surface area (Å²) in [7, 11) is 0. The van der Waals surface area contributed by atoms with Crippen molar-refractivity contribution in [1.29, 1.82) is 0 Å². The Morgan fingerprint density at radius 1 is 1.07 bits per heavy atom. The summed E-state index contributed by atoms with van der Waals surface area (Å²) in [6.07, 6.45) is 11.5. The van der Waals surface area contributed by atoms with Gasteiger partial charge in [-0.15, -0.1) is 6.58 Å². The van der Waals surface area contributed by atoms with Crippen LogP contribution in [0.5, 0.6) is 0 Å². The topological polar surface area (TPSA) is 17.1 Å². The third kappa shape index (κ3) is 9.50. The van der Waals surface area contributed by atoms with E-state index in [1.165, 1.54) is 19.3 Å². The molecule has 14 heavy (non-hydrogen) atoms. The second-order valence-corrected chi connectivity index (χ2v) is 3.88. The van der Waals surface area contributed by atoms with E-state index in [0.717, 1.165) is 38.5 Å². The minimum Gasteiger partial charge on any atom is -0.300 e. The fourth-order valence-corrected chi connectivity index (χ4v) is 1.48. The second-order valence-electron chi connectivity index (χ2n) is 3.88. The van der Waals surface area contributed by atoms with Gasteiger partial charge in [0.2, 0.25) is 0 Å². The number of carbonyl (C=O) groups excluding carboxylic acids is 1. The lowest BCUT2D eigenvalue weighted by Gasteiger charge is -2.00. The molecular formula is C13H24O. The molecule has 0 radical (unpaired) electrons. The molecule has 82 valence electrons. The maximum Gasteiger partial charge on any atom is 0.132 e. The molecule has 0 amide bonds. The molecule has 0 aromatic rings. The molecule has 0 aromatic heterocycles. The van der Waals surface area contributed by atoms with E-state index in [1.807, 2.05) is 6.08 Å². The smallest absolute Gasteiger partial charge is 0.132 e. The Hall–Kier alpha value is -0.590. The molecule has 0 fully saturated rings. The highest BCUT2D eigenvalue weighted by molar-refractivity contribution is 5.78. The number of allylic oxidation sites excluding steroid dienone is 1. The summed E-state index contributed by atoms with van der Waals surface area (Å²) in [6, 6.07) is 0. The highest BCUT2D eigenvalue weighted by Crippen LogP contribution is 2.07. The van der Waals surface area contributed by atoms with E-state index in [1.54, 1.807) is 0 Å². The highest BCUT2D eigenvalue weighted by atomic mass is 16.1. The zero-order valence-electron chi connectivity index (χ0n) is 9.56. The quantitative estimate of drug-likeness (QED) is 0.376. The van der Waals surface area contributed by atoms with Gasteiger partial charge in [0.25, 0.3) is 0 Å². The first kappa shape index (κ1) is 13.4. The van der Waals surface area contributed by atoms with Crippen molar-refractivity contribution in [3.05, 3.63) is 12.7 Å². The van der Waals surface area contributed by atoms with Crippen LogP contribution in [0.1, 0.15) is 64.7 Å². The summed E-state index contributed by atoms with van der Waals surface area (Å²) in [4.78, 5) is 11.3. The molecule has 0 rings (SSSR count). The summed E-state index contributed by atoms with van der Waals surface area (Å²) in [5, 5.41) is 0. The maximum atomic E-state index is 11.3. The third-order valence-electron chi connectivity index (χ3n) is 2.42. The molecule has 0 spiro atoms. The van der Waals surface area contributed by atoms with Gasteiger partial charge in [-0.25, -0.2) is 0 Å². The molecule has 0 aliphatic heterocycles. The van der Waals surface area contributed by atoms with Crippen molar-refractivity contribution in [2.24, 2.45) is 0 Å². The monoisotopic (exact) mass is 196 g/mol. The largest absolute Gasteiger partial charge is 0.300 e. The van der Waals surface area contributed by atoms with Crippen molar-refractivity contribution in [3.8, 4) is 0 Å². The molecule has 0 saturated heterocycles. The predicted octanol–water partition coefficient (Wildman–Crippen LogP) is 4.27. The second kappa shape index (κ2) is 10.5. The number of Topliss-reactive ketones (excluding diaryl/α,β-unsaturated/α-hetero) is 1. The normalized spacial score (nSPS) is 10.1. The van der Waals surface area contributed by atoms with Gasteiger partial charge in [0.15, 0.2) is 0 Å². The molecule has 1 nitrogen and oxygen atoms in total. The van der Waals surface area contributed by atoms with Crippen LogP contribution in [0.25, 0.3) is 0 Å². The van der Waals surface area contributed by atoms with Gasteiger partial charge in [0, 0.05) is 12.8 Å². The van der Waals surface area contributed by atoms with Gasteiger partial charge in [-0.3, -0.25) is 4.79 Å². The van der Waals surface area contributed by atoms with E-state index < -0.39 is 0 Å². The van der Waals surface area contributed by atoms with E-state index in [2.05, 4.69) is 13.5 Å². The Morgan fingerprint density at radius 2 is 1.71 bits per heavy atom. The Balaban J connectivity index is 3.15. The van der Waals surface area contributed by atoms with Crippen LogP contribution >= 0.6 is 0 Å². The Morgan fingerprint density at radius 3 is 2.29 bits per heavy atom. The van der Waals surface area contributed by atoms with Gasteiger partial charge < -0.3 is 0 Å². The zero-order chi connectivity index (χ0) is 10.6. The van der Waals surface area contributed by atoms with Crippen molar-refractivity contribution in [3.63, 3.8) is 0 Å². The summed E-state index contributed by atoms with van der Waals surface area (Å²) < 4.78 is 0. The maximum absolute atomic E-state index is 11.3. The lowest BCUT2D eigenvalue weighted by Crippen LogP contribution is -1.97. The summed E-state index contributed by atoms with van der Waals surface area (Å²) in [5.41, 5.74) is 0. The van der Waals surface area contributed by atoms with Crippen LogP contribution in [0.3, 0.4) is 0 Å². The molecular weight excluding hydrogens is 172 g/mol. The molecule has 0 bridgehead atoms. The van der Waals surface area contributed by atoms with Crippen LogP contribution < -0.4 is 0 Å². The average molecular weight is 196 g/mol. The highest BCUT2D eigenvalue weighted by Gasteiger charge is 2.00. The zero-order valence-corrected chi connectivity index (χ0v) is 9.56. The van der Waals surface area contributed by atoms with Gasteiger partial charge >= 0.3 is 0 Å². The SMILES string of the molecule is C=CCCCCC(=O)CCCCCC. The van der Waals surface area contributed by atoms with Gasteiger partial charge in [-0.1, -0.05) is 32.3 Å². The standard InChI is InChI=1S/C13H24O/c1-3-5-7-9-11-13(14)12-10-8-6-4-2/h3H,1,4-12H2,2H3. The molecule has 0 aliphatic rings. The molecule has 0 N–H and O–H groups in total. The van der Waals surface area contributed by atoms with Crippen molar-refractivity contribution in [2.45, 2.75) is 64.7 Å². The number of carbonyl (C=O) groups is 1. The van der Waals surface area contributed by atoms with Gasteiger partial charge in [0.1, 0.15) is 5.78 Å². The minimum atomic E-state index is 0.449. The number of unbranched alkanes of at least 4 members (excludes halogenated alkanes) is 5. The summed E-state index contributed by atoms with van der Waals surface area (Å²) in [6.45, 7) is 5.85. The van der Waals surface area contributed by atoms with E-state index >= 15 is 0 Å². The predicted molar refractivity (Wildman–Crippen MR) is 62.4 cm³/mol. The summed E-state index contributed by atoms with van der Waals surface area (Å²) >= 11 is 0. The van der Waals surface area contributed by atoms with Gasteiger partial charge in [0.05, 0.1) is 0 Å². The van der Waals surface area contributed by atoms with Gasteiger partial charge in [-0.05, 0) is 25.7 Å². The first-order valence-corrected chi connectivity index (χ1v) is 5.93. The van der Waals surface area contributed by atoms with Crippen molar-refractivity contribution < 1.29 is 4.79 Å². The molecule has 0 saturated carbocycles. The molecule has 1 heteroatoms. The fraction of sp³-hybridized carbons (Fsp3) is 0.769. The number of hydrogen-bond donors (Lipinski definition) is 0. The Labute approximate surface area is 88.6 Å². The molecule has 0 aliphatic carbocycles. The average Bonchev–Trinajstić information content (AvgIpc) is 2.19. The van der Waals surface area contributed by atoms with E-state index in [0.29, 0.717) is 5.78 Å². The van der Waals surface area contributed by atoms with Crippen LogP contribution in [0.15, 0.2) is 12.7 Å². The lowest BCUT2D eigenvalue weighted by atomic mass is 10.1. The van der Waals surface area contributed by atoms with E-state index in [9.17, 15) is 4.79 Å². The van der Waals surface area contributed by atoms with Crippen molar-refractivity contribution in [2.75, 3.05) is 0 Å². The first-order chi connectivity index (χ1) is 6.81. The lowest BCUT2D eigenvalue weighted by molar-refractivity contribution is -0.119. The number of hydrogen-bond acceptors (Lipinski definition) is 1. The first-order valence-electron chi connectivity index (χ1n) is 5.93. The number of rotatable bonds is 10. The van der Waals surface area contributed by atoms with Crippen molar-refractivity contribution >= 4 is 5.78 Å². The van der Waals surface area contributed by atoms with Crippen LogP contribution in [0, 0.1) is 0 Å². The molecule has 0 unspecified atom stereocenters. The third-order valence-corrected chi connectivity index (χ3v) is 2.42. The van der Waals surface area contributed by atoms with E-state index in [4.69, 9.17) is 0 Å². The molecule has 0 aromatic carbocycles. The minimum absolute atomic E-state index is 0.449. The number of ketones is 1. The Bertz CT molecular complexity index is 149. The van der Waals surface area contributed by atoms with Gasteiger partial charge in [-0.2, -0.15) is 0 Å². The Kier molecular flexibility index (Phi) is 10.0. The van der Waals surface area contributed by atoms with Crippen molar-refractivity contribution in [1.82, 2.24) is 0 Å². The molecule has 0 heterocycles. The fourth-order valence-electron chi connectivity index (χ4n) is 1.48. The van der Waals surface area contributed by atoms with Crippen LogP contribution in [-0.4, -0.2) is 5.78 Å². The van der Waals surface area contributed by atoms with Crippen LogP contribution in [0.4, 0.5) is 0 Å². The van der Waals surface area contributed by atoms with Crippen LogP contribution in [-0.2, 0) is 4.79 Å². The van der Waals surface area contributed by atoms with Crippen LogP contribution in [0.2, 0.25) is 0 Å². The summed E-state index contributed by atoms with van der Waals surface area (Å²) in [5.74, 6) is 0.449. The van der Waals surface area contributed by atoms with E-state index in [-0.39, 0.29) is 0 Å².